The first-order valence-corrected chi connectivity index (χ1v) is 6.51. The van der Waals surface area contributed by atoms with Crippen LogP contribution >= 0.6 is 0 Å². The van der Waals surface area contributed by atoms with Gasteiger partial charge in [0.25, 0.3) is 0 Å². The molecule has 2 aromatic carbocycles. The van der Waals surface area contributed by atoms with Gasteiger partial charge >= 0.3 is 0 Å². The summed E-state index contributed by atoms with van der Waals surface area (Å²) in [6.07, 6.45) is 3.57. The van der Waals surface area contributed by atoms with Crippen molar-refractivity contribution in [2.24, 2.45) is 0 Å². The van der Waals surface area contributed by atoms with Gasteiger partial charge in [-0.05, 0) is 11.6 Å². The minimum atomic E-state index is 0.494. The van der Waals surface area contributed by atoms with Crippen molar-refractivity contribution < 1.29 is 4.74 Å². The summed E-state index contributed by atoms with van der Waals surface area (Å²) in [5.41, 5.74) is 3.23. The van der Waals surface area contributed by atoms with Crippen LogP contribution in [0.1, 0.15) is 5.56 Å². The Labute approximate surface area is 118 Å². The van der Waals surface area contributed by atoms with Gasteiger partial charge in [0, 0.05) is 29.6 Å². The van der Waals surface area contributed by atoms with E-state index in [2.05, 4.69) is 23.2 Å². The lowest BCUT2D eigenvalue weighted by molar-refractivity contribution is 0.306. The van der Waals surface area contributed by atoms with Crippen LogP contribution in [0.25, 0.3) is 11.1 Å². The Hall–Kier alpha value is -2.61. The van der Waals surface area contributed by atoms with E-state index in [0.29, 0.717) is 6.61 Å². The Bertz CT molecular complexity index is 665. The van der Waals surface area contributed by atoms with Crippen molar-refractivity contribution in [1.29, 1.82) is 0 Å². The number of benzene rings is 2. The standard InChI is InChI=1S/C18H14NO/c1-2-8-16(9-3-1)17-10-4-5-11-18(17)20-14-15-7-6-12-19-13-15/h1-10,12-13H,14H2. The summed E-state index contributed by atoms with van der Waals surface area (Å²) >= 11 is 0. The minimum Gasteiger partial charge on any atom is -0.488 e. The largest absolute Gasteiger partial charge is 0.488 e. The number of hydrogen-bond acceptors (Lipinski definition) is 2. The predicted molar refractivity (Wildman–Crippen MR) is 79.3 cm³/mol. The van der Waals surface area contributed by atoms with E-state index in [0.717, 1.165) is 22.4 Å². The second kappa shape index (κ2) is 6.02. The summed E-state index contributed by atoms with van der Waals surface area (Å²) in [5, 5.41) is 0. The lowest BCUT2D eigenvalue weighted by Gasteiger charge is -2.11. The highest BCUT2D eigenvalue weighted by Gasteiger charge is 2.05. The molecule has 3 rings (SSSR count). The zero-order chi connectivity index (χ0) is 13.6. The summed E-state index contributed by atoms with van der Waals surface area (Å²) in [7, 11) is 0. The van der Waals surface area contributed by atoms with Gasteiger partial charge in [0.05, 0.1) is 0 Å². The third-order valence-corrected chi connectivity index (χ3v) is 3.01. The van der Waals surface area contributed by atoms with Gasteiger partial charge in [-0.3, -0.25) is 4.98 Å². The summed E-state index contributed by atoms with van der Waals surface area (Å²) in [6, 6.07) is 23.1. The molecule has 0 saturated heterocycles. The molecule has 0 spiro atoms. The zero-order valence-corrected chi connectivity index (χ0v) is 11.0. The Kier molecular flexibility index (Phi) is 3.74. The quantitative estimate of drug-likeness (QED) is 0.703. The second-order valence-corrected chi connectivity index (χ2v) is 4.43. The molecule has 20 heavy (non-hydrogen) atoms. The number of ether oxygens (including phenoxy) is 1. The number of pyridine rings is 1. The van der Waals surface area contributed by atoms with E-state index >= 15 is 0 Å². The van der Waals surface area contributed by atoms with Crippen molar-refractivity contribution in [3.63, 3.8) is 0 Å². The molecule has 0 saturated carbocycles. The van der Waals surface area contributed by atoms with Crippen LogP contribution in [0.3, 0.4) is 0 Å². The first-order chi connectivity index (χ1) is 9.93. The first-order valence-electron chi connectivity index (χ1n) is 6.51. The van der Waals surface area contributed by atoms with Gasteiger partial charge in [-0.15, -0.1) is 0 Å². The monoisotopic (exact) mass is 260 g/mol. The normalized spacial score (nSPS) is 10.2. The molecule has 0 aliphatic rings. The summed E-state index contributed by atoms with van der Waals surface area (Å²) < 4.78 is 5.88. The van der Waals surface area contributed by atoms with Crippen LogP contribution < -0.4 is 4.74 Å². The van der Waals surface area contributed by atoms with Gasteiger partial charge < -0.3 is 4.74 Å². The summed E-state index contributed by atoms with van der Waals surface area (Å²) in [4.78, 5) is 4.09. The topological polar surface area (TPSA) is 22.1 Å². The SMILES string of the molecule is [c]1cccc(-c2ccccc2)c1OCc1cccnc1. The fourth-order valence-corrected chi connectivity index (χ4v) is 2.03. The highest BCUT2D eigenvalue weighted by Crippen LogP contribution is 2.29. The van der Waals surface area contributed by atoms with Crippen molar-refractivity contribution in [1.82, 2.24) is 4.98 Å². The van der Waals surface area contributed by atoms with Crippen LogP contribution in [0.2, 0.25) is 0 Å². The lowest BCUT2D eigenvalue weighted by atomic mass is 10.1. The third-order valence-electron chi connectivity index (χ3n) is 3.01. The molecule has 1 heterocycles. The van der Waals surface area contributed by atoms with E-state index in [1.807, 2.05) is 54.7 Å². The number of para-hydroxylation sites is 1. The van der Waals surface area contributed by atoms with Crippen molar-refractivity contribution in [3.8, 4) is 16.9 Å². The van der Waals surface area contributed by atoms with Crippen LogP contribution in [0.4, 0.5) is 0 Å². The first kappa shape index (κ1) is 12.4. The number of hydrogen-bond donors (Lipinski definition) is 0. The molecule has 2 heteroatoms. The molecule has 0 bridgehead atoms. The van der Waals surface area contributed by atoms with Crippen molar-refractivity contribution in [2.75, 3.05) is 0 Å². The van der Waals surface area contributed by atoms with Gasteiger partial charge in [0.15, 0.2) is 0 Å². The molecule has 1 aromatic heterocycles. The fraction of sp³-hybridized carbons (Fsp3) is 0.0556. The Morgan fingerprint density at radius 2 is 1.85 bits per heavy atom. The third kappa shape index (κ3) is 2.86. The van der Waals surface area contributed by atoms with E-state index in [9.17, 15) is 0 Å². The van der Waals surface area contributed by atoms with Crippen LogP contribution in [0, 0.1) is 6.07 Å². The van der Waals surface area contributed by atoms with E-state index in [1.54, 1.807) is 6.20 Å². The molecule has 0 aliphatic carbocycles. The predicted octanol–water partition coefficient (Wildman–Crippen LogP) is 4.13. The van der Waals surface area contributed by atoms with Crippen LogP contribution in [0.5, 0.6) is 5.75 Å². The highest BCUT2D eigenvalue weighted by molar-refractivity contribution is 5.69. The molecule has 0 aliphatic heterocycles. The molecule has 3 aromatic rings. The number of aromatic nitrogens is 1. The van der Waals surface area contributed by atoms with Crippen molar-refractivity contribution in [3.05, 3.63) is 84.7 Å². The zero-order valence-electron chi connectivity index (χ0n) is 11.0. The maximum absolute atomic E-state index is 5.88. The maximum Gasteiger partial charge on any atom is 0.135 e. The molecule has 1 radical (unpaired) electrons. The summed E-state index contributed by atoms with van der Waals surface area (Å²) in [6.45, 7) is 0.494. The number of rotatable bonds is 4. The summed E-state index contributed by atoms with van der Waals surface area (Å²) in [5.74, 6) is 0.766. The lowest BCUT2D eigenvalue weighted by Crippen LogP contribution is -1.97. The molecule has 0 N–H and O–H groups in total. The average Bonchev–Trinajstić information content (AvgIpc) is 2.55. The molecule has 0 amide bonds. The minimum absolute atomic E-state index is 0.494. The Balaban J connectivity index is 1.84. The van der Waals surface area contributed by atoms with Gasteiger partial charge in [-0.25, -0.2) is 0 Å². The average molecular weight is 260 g/mol. The maximum atomic E-state index is 5.88. The molecular formula is C18H14NO. The van der Waals surface area contributed by atoms with E-state index in [1.165, 1.54) is 0 Å². The molecular weight excluding hydrogens is 246 g/mol. The Morgan fingerprint density at radius 1 is 0.950 bits per heavy atom. The van der Waals surface area contributed by atoms with Crippen LogP contribution in [-0.4, -0.2) is 4.98 Å². The van der Waals surface area contributed by atoms with Gasteiger partial charge in [0.1, 0.15) is 12.4 Å². The number of nitrogens with zero attached hydrogens (tertiary/aromatic N) is 1. The fourth-order valence-electron chi connectivity index (χ4n) is 2.03. The molecule has 0 unspecified atom stereocenters. The highest BCUT2D eigenvalue weighted by atomic mass is 16.5. The van der Waals surface area contributed by atoms with E-state index < -0.39 is 0 Å². The van der Waals surface area contributed by atoms with Crippen LogP contribution in [0.15, 0.2) is 73.1 Å². The van der Waals surface area contributed by atoms with E-state index in [-0.39, 0.29) is 0 Å². The van der Waals surface area contributed by atoms with Crippen LogP contribution in [-0.2, 0) is 6.61 Å². The second-order valence-electron chi connectivity index (χ2n) is 4.43. The van der Waals surface area contributed by atoms with Gasteiger partial charge in [-0.2, -0.15) is 0 Å². The Morgan fingerprint density at radius 3 is 2.65 bits per heavy atom. The van der Waals surface area contributed by atoms with Crippen molar-refractivity contribution >= 4 is 0 Å². The van der Waals surface area contributed by atoms with Crippen molar-refractivity contribution in [2.45, 2.75) is 6.61 Å². The molecule has 2 nitrogen and oxygen atoms in total. The van der Waals surface area contributed by atoms with E-state index in [4.69, 9.17) is 4.74 Å². The molecule has 97 valence electrons. The molecule has 0 atom stereocenters. The molecule has 0 fully saturated rings. The van der Waals surface area contributed by atoms with Gasteiger partial charge in [-0.1, -0.05) is 54.6 Å². The van der Waals surface area contributed by atoms with Gasteiger partial charge in [0.2, 0.25) is 0 Å². The smallest absolute Gasteiger partial charge is 0.135 e.